The minimum absolute atomic E-state index is 0.194. The molecule has 1 fully saturated rings. The van der Waals surface area contributed by atoms with Crippen LogP contribution in [0.15, 0.2) is 22.7 Å². The van der Waals surface area contributed by atoms with Crippen LogP contribution in [0.2, 0.25) is 0 Å². The number of methoxy groups -OCH3 is 1. The fourth-order valence-corrected chi connectivity index (χ4v) is 2.60. The molecule has 1 aliphatic heterocycles. The number of carbonyl (C=O) groups is 1. The van der Waals surface area contributed by atoms with E-state index >= 15 is 0 Å². The van der Waals surface area contributed by atoms with Crippen molar-refractivity contribution in [2.45, 2.75) is 32.0 Å². The lowest BCUT2D eigenvalue weighted by molar-refractivity contribution is -0.104. The zero-order valence-corrected chi connectivity index (χ0v) is 14.2. The number of aliphatic hydroxyl groups is 1. The van der Waals surface area contributed by atoms with Crippen molar-refractivity contribution >= 4 is 22.0 Å². The maximum atomic E-state index is 11.9. The molecule has 0 radical (unpaired) electrons. The topological polar surface area (TPSA) is 59.0 Å². The Hall–Kier alpha value is -1.27. The summed E-state index contributed by atoms with van der Waals surface area (Å²) in [5, 5.41) is 10.7. The minimum atomic E-state index is -1.09. The van der Waals surface area contributed by atoms with Crippen molar-refractivity contribution in [3.05, 3.63) is 28.2 Å². The molecule has 1 saturated heterocycles. The zero-order valence-electron chi connectivity index (χ0n) is 12.6. The Kier molecular flexibility index (Phi) is 4.22. The van der Waals surface area contributed by atoms with Crippen LogP contribution in [0, 0.1) is 0 Å². The van der Waals surface area contributed by atoms with Gasteiger partial charge >= 0.3 is 6.09 Å². The summed E-state index contributed by atoms with van der Waals surface area (Å²) in [7, 11) is 1.55. The van der Waals surface area contributed by atoms with Gasteiger partial charge in [0.25, 0.3) is 0 Å². The summed E-state index contributed by atoms with van der Waals surface area (Å²) < 4.78 is 11.5. The summed E-state index contributed by atoms with van der Waals surface area (Å²) >= 11 is 3.37. The van der Waals surface area contributed by atoms with Gasteiger partial charge in [0.2, 0.25) is 0 Å². The maximum Gasteiger partial charge on any atom is 0.410 e. The lowest BCUT2D eigenvalue weighted by Gasteiger charge is -2.46. The van der Waals surface area contributed by atoms with Gasteiger partial charge in [0.1, 0.15) is 17.0 Å². The van der Waals surface area contributed by atoms with Gasteiger partial charge in [0, 0.05) is 10.0 Å². The first-order valence-electron chi connectivity index (χ1n) is 6.69. The molecule has 0 unspecified atom stereocenters. The standard InChI is InChI=1S/C15H20BrNO4/c1-14(2,3)21-13(18)17-8-15(19,9-17)11-6-5-10(16)7-12(11)20-4/h5-7,19H,8-9H2,1-4H3. The molecule has 0 saturated carbocycles. The van der Waals surface area contributed by atoms with Crippen molar-refractivity contribution in [1.29, 1.82) is 0 Å². The van der Waals surface area contributed by atoms with Crippen LogP contribution in [0.25, 0.3) is 0 Å². The lowest BCUT2D eigenvalue weighted by Crippen LogP contribution is -2.62. The zero-order chi connectivity index (χ0) is 15.8. The molecule has 0 spiro atoms. The van der Waals surface area contributed by atoms with Gasteiger partial charge in [-0.15, -0.1) is 0 Å². The number of halogens is 1. The van der Waals surface area contributed by atoms with E-state index in [1.54, 1.807) is 19.2 Å². The maximum absolute atomic E-state index is 11.9. The van der Waals surface area contributed by atoms with Crippen LogP contribution >= 0.6 is 15.9 Å². The summed E-state index contributed by atoms with van der Waals surface area (Å²) in [5.41, 5.74) is -0.962. The first-order valence-corrected chi connectivity index (χ1v) is 7.48. The number of β-amino-alcohol motifs (C(OH)–C–C–N with tert-alkyl or cyclic N) is 1. The first kappa shape index (κ1) is 16.1. The number of likely N-dealkylation sites (tertiary alicyclic amines) is 1. The molecule has 116 valence electrons. The van der Waals surface area contributed by atoms with Crippen LogP contribution in [-0.2, 0) is 10.3 Å². The molecule has 0 aliphatic carbocycles. The second kappa shape index (κ2) is 5.50. The van der Waals surface area contributed by atoms with Gasteiger partial charge in [-0.3, -0.25) is 0 Å². The van der Waals surface area contributed by atoms with Crippen molar-refractivity contribution in [3.8, 4) is 5.75 Å². The van der Waals surface area contributed by atoms with Crippen LogP contribution in [0.3, 0.4) is 0 Å². The second-order valence-electron chi connectivity index (χ2n) is 6.21. The van der Waals surface area contributed by atoms with Gasteiger partial charge in [-0.2, -0.15) is 0 Å². The number of benzene rings is 1. The van der Waals surface area contributed by atoms with Crippen LogP contribution in [-0.4, -0.2) is 41.9 Å². The summed E-state index contributed by atoms with van der Waals surface area (Å²) in [4.78, 5) is 13.4. The summed E-state index contributed by atoms with van der Waals surface area (Å²) in [6.07, 6.45) is -0.414. The normalized spacial score (nSPS) is 17.1. The van der Waals surface area contributed by atoms with Gasteiger partial charge in [0.05, 0.1) is 20.2 Å². The van der Waals surface area contributed by atoms with Crippen molar-refractivity contribution < 1.29 is 19.4 Å². The van der Waals surface area contributed by atoms with E-state index in [-0.39, 0.29) is 13.1 Å². The molecule has 1 N–H and O–H groups in total. The number of amides is 1. The highest BCUT2D eigenvalue weighted by Gasteiger charge is 2.47. The fourth-order valence-electron chi connectivity index (χ4n) is 2.26. The van der Waals surface area contributed by atoms with E-state index in [1.807, 2.05) is 26.8 Å². The number of ether oxygens (including phenoxy) is 2. The molecule has 0 bridgehead atoms. The molecule has 1 heterocycles. The second-order valence-corrected chi connectivity index (χ2v) is 7.13. The molecule has 2 rings (SSSR count). The molecule has 1 aromatic rings. The number of carbonyl (C=O) groups excluding carboxylic acids is 1. The van der Waals surface area contributed by atoms with Crippen molar-refractivity contribution in [1.82, 2.24) is 4.90 Å². The Morgan fingerprint density at radius 1 is 1.38 bits per heavy atom. The van der Waals surface area contributed by atoms with Crippen molar-refractivity contribution in [2.24, 2.45) is 0 Å². The molecule has 1 aromatic carbocycles. The van der Waals surface area contributed by atoms with Crippen LogP contribution in [0.5, 0.6) is 5.75 Å². The summed E-state index contributed by atoms with van der Waals surface area (Å²) in [5.74, 6) is 0.593. The Balaban J connectivity index is 2.09. The fraction of sp³-hybridized carbons (Fsp3) is 0.533. The average molecular weight is 358 g/mol. The van der Waals surface area contributed by atoms with E-state index in [4.69, 9.17) is 9.47 Å². The van der Waals surface area contributed by atoms with E-state index in [0.29, 0.717) is 11.3 Å². The molecule has 0 atom stereocenters. The molecular weight excluding hydrogens is 338 g/mol. The minimum Gasteiger partial charge on any atom is -0.496 e. The number of hydrogen-bond donors (Lipinski definition) is 1. The number of hydrogen-bond acceptors (Lipinski definition) is 4. The van der Waals surface area contributed by atoms with Gasteiger partial charge in [0.15, 0.2) is 0 Å². The molecule has 6 heteroatoms. The molecule has 5 nitrogen and oxygen atoms in total. The largest absolute Gasteiger partial charge is 0.496 e. The molecular formula is C15H20BrNO4. The third-order valence-electron chi connectivity index (χ3n) is 3.22. The van der Waals surface area contributed by atoms with Crippen molar-refractivity contribution in [3.63, 3.8) is 0 Å². The predicted octanol–water partition coefficient (Wildman–Crippen LogP) is 2.90. The van der Waals surface area contributed by atoms with Crippen LogP contribution < -0.4 is 4.74 Å². The first-order chi connectivity index (χ1) is 9.64. The highest BCUT2D eigenvalue weighted by atomic mass is 79.9. The van der Waals surface area contributed by atoms with Crippen LogP contribution in [0.1, 0.15) is 26.3 Å². The number of rotatable bonds is 2. The Morgan fingerprint density at radius 2 is 2.00 bits per heavy atom. The highest BCUT2D eigenvalue weighted by molar-refractivity contribution is 9.10. The Labute approximate surface area is 133 Å². The van der Waals surface area contributed by atoms with Gasteiger partial charge in [-0.05, 0) is 32.9 Å². The van der Waals surface area contributed by atoms with Gasteiger partial charge in [-0.25, -0.2) is 4.79 Å². The SMILES string of the molecule is COc1cc(Br)ccc1C1(O)CN(C(=O)OC(C)(C)C)C1. The summed E-state index contributed by atoms with van der Waals surface area (Å²) in [6, 6.07) is 5.44. The summed E-state index contributed by atoms with van der Waals surface area (Å²) in [6.45, 7) is 5.83. The highest BCUT2D eigenvalue weighted by Crippen LogP contribution is 2.39. The Bertz CT molecular complexity index is 547. The predicted molar refractivity (Wildman–Crippen MR) is 82.4 cm³/mol. The quantitative estimate of drug-likeness (QED) is 0.883. The average Bonchev–Trinajstić information content (AvgIpc) is 2.32. The number of nitrogens with zero attached hydrogens (tertiary/aromatic N) is 1. The monoisotopic (exact) mass is 357 g/mol. The third-order valence-corrected chi connectivity index (χ3v) is 3.71. The lowest BCUT2D eigenvalue weighted by atomic mass is 9.86. The smallest absolute Gasteiger partial charge is 0.410 e. The van der Waals surface area contributed by atoms with Crippen LogP contribution in [0.4, 0.5) is 4.79 Å². The Morgan fingerprint density at radius 3 is 2.52 bits per heavy atom. The van der Waals surface area contributed by atoms with Gasteiger partial charge < -0.3 is 19.5 Å². The van der Waals surface area contributed by atoms with E-state index in [0.717, 1.165) is 4.47 Å². The van der Waals surface area contributed by atoms with E-state index in [1.165, 1.54) is 4.90 Å². The third kappa shape index (κ3) is 3.49. The van der Waals surface area contributed by atoms with E-state index in [2.05, 4.69) is 15.9 Å². The van der Waals surface area contributed by atoms with E-state index < -0.39 is 17.3 Å². The molecule has 0 aromatic heterocycles. The molecule has 21 heavy (non-hydrogen) atoms. The molecule has 1 aliphatic rings. The van der Waals surface area contributed by atoms with Gasteiger partial charge in [-0.1, -0.05) is 22.0 Å². The van der Waals surface area contributed by atoms with E-state index in [9.17, 15) is 9.90 Å². The molecule has 1 amide bonds. The van der Waals surface area contributed by atoms with Crippen molar-refractivity contribution in [2.75, 3.05) is 20.2 Å².